The number of carbonyl (C=O) groups excluding carboxylic acids is 1. The van der Waals surface area contributed by atoms with Crippen LogP contribution in [0, 0.1) is 6.92 Å². The molecule has 1 N–H and O–H groups in total. The number of aliphatic hydroxyl groups excluding tert-OH is 1. The van der Waals surface area contributed by atoms with Crippen LogP contribution in [-0.2, 0) is 11.2 Å². The molecule has 2 aliphatic rings. The van der Waals surface area contributed by atoms with Crippen LogP contribution in [0.1, 0.15) is 63.8 Å². The second-order valence-electron chi connectivity index (χ2n) is 10.4. The van der Waals surface area contributed by atoms with Crippen molar-refractivity contribution in [1.29, 1.82) is 0 Å². The summed E-state index contributed by atoms with van der Waals surface area (Å²) in [4.78, 5) is 14.9. The highest BCUT2D eigenvalue weighted by Gasteiger charge is 2.54. The van der Waals surface area contributed by atoms with Crippen LogP contribution in [0.25, 0.3) is 0 Å². The number of benzene rings is 2. The molecule has 4 aromatic rings. The van der Waals surface area contributed by atoms with E-state index in [1.54, 1.807) is 4.68 Å². The molecule has 7 nitrogen and oxygen atoms in total. The highest BCUT2D eigenvalue weighted by atomic mass is 32.1. The fourth-order valence-electron chi connectivity index (χ4n) is 5.99. The van der Waals surface area contributed by atoms with Gasteiger partial charge in [0.15, 0.2) is 5.78 Å². The normalized spacial score (nSPS) is 20.2. The molecule has 1 aliphatic carbocycles. The summed E-state index contributed by atoms with van der Waals surface area (Å²) in [5.41, 5.74) is 2.20. The van der Waals surface area contributed by atoms with Crippen LogP contribution in [0.5, 0.6) is 0 Å². The Balaban J connectivity index is 1.49. The van der Waals surface area contributed by atoms with Crippen molar-refractivity contribution in [2.24, 2.45) is 0 Å². The van der Waals surface area contributed by atoms with Gasteiger partial charge in [-0.25, -0.2) is 0 Å². The fraction of sp³-hybridized carbons (Fsp3) is 0.379. The minimum absolute atomic E-state index is 0.0401. The summed E-state index contributed by atoms with van der Waals surface area (Å²) in [6, 6.07) is 18.4. The quantitative estimate of drug-likeness (QED) is 0.357. The van der Waals surface area contributed by atoms with Crippen LogP contribution in [-0.4, -0.2) is 56.2 Å². The van der Waals surface area contributed by atoms with Gasteiger partial charge in [0, 0.05) is 24.6 Å². The molecule has 0 saturated carbocycles. The molecule has 3 heterocycles. The smallest absolute Gasteiger partial charge is 0.384 e. The average Bonchev–Trinajstić information content (AvgIpc) is 3.54. The number of aliphatic hydroxyl groups is 1. The zero-order valence-corrected chi connectivity index (χ0v) is 22.6. The van der Waals surface area contributed by atoms with Gasteiger partial charge in [-0.1, -0.05) is 72.0 Å². The Labute approximate surface area is 233 Å². The molecule has 2 aromatic carbocycles. The van der Waals surface area contributed by atoms with Gasteiger partial charge in [-0.15, -0.1) is 10.2 Å². The number of piperidine rings is 1. The van der Waals surface area contributed by atoms with Crippen LogP contribution >= 0.6 is 11.3 Å². The van der Waals surface area contributed by atoms with E-state index < -0.39 is 30.0 Å². The van der Waals surface area contributed by atoms with Gasteiger partial charge in [-0.05, 0) is 30.9 Å². The van der Waals surface area contributed by atoms with E-state index >= 15 is 0 Å². The van der Waals surface area contributed by atoms with Crippen molar-refractivity contribution in [3.63, 3.8) is 0 Å². The minimum atomic E-state index is -4.81. The number of alkyl halides is 3. The molecule has 1 fully saturated rings. The lowest BCUT2D eigenvalue weighted by atomic mass is 9.78. The Bertz CT molecular complexity index is 1460. The van der Waals surface area contributed by atoms with Crippen molar-refractivity contribution >= 4 is 22.3 Å². The van der Waals surface area contributed by atoms with E-state index in [2.05, 4.69) is 15.1 Å². The number of carbonyl (C=O) groups is 1. The summed E-state index contributed by atoms with van der Waals surface area (Å²) < 4.78 is 45.3. The molecule has 40 heavy (non-hydrogen) atoms. The van der Waals surface area contributed by atoms with E-state index in [4.69, 9.17) is 5.10 Å². The lowest BCUT2D eigenvalue weighted by Crippen LogP contribution is -2.43. The molecule has 1 saturated heterocycles. The Morgan fingerprint density at radius 3 is 2.10 bits per heavy atom. The highest BCUT2D eigenvalue weighted by molar-refractivity contribution is 7.15. The minimum Gasteiger partial charge on any atom is -0.384 e. The molecular formula is C29H28F3N5O2S. The molecule has 0 bridgehead atoms. The Morgan fingerprint density at radius 2 is 1.57 bits per heavy atom. The van der Waals surface area contributed by atoms with Crippen LogP contribution in [0.2, 0.25) is 0 Å². The van der Waals surface area contributed by atoms with E-state index in [1.165, 1.54) is 11.3 Å². The van der Waals surface area contributed by atoms with Crippen molar-refractivity contribution in [2.75, 3.05) is 18.0 Å². The summed E-state index contributed by atoms with van der Waals surface area (Å²) >= 11 is 1.49. The van der Waals surface area contributed by atoms with E-state index in [9.17, 15) is 23.1 Å². The number of aryl methyl sites for hydroxylation is 1. The number of nitrogens with zero attached hydrogens (tertiary/aromatic N) is 5. The van der Waals surface area contributed by atoms with Gasteiger partial charge in [0.1, 0.15) is 23.1 Å². The third-order valence-corrected chi connectivity index (χ3v) is 8.77. The molecule has 0 spiro atoms. The summed E-state index contributed by atoms with van der Waals surface area (Å²) in [6.45, 7) is 3.08. The Morgan fingerprint density at radius 1 is 0.975 bits per heavy atom. The lowest BCUT2D eigenvalue weighted by molar-refractivity contribution is -0.179. The number of aromatic nitrogens is 4. The first kappa shape index (κ1) is 26.6. The largest absolute Gasteiger partial charge is 0.398 e. The zero-order valence-electron chi connectivity index (χ0n) is 21.8. The van der Waals surface area contributed by atoms with E-state index in [0.717, 1.165) is 21.3 Å². The molecule has 0 radical (unpaired) electrons. The maximum atomic E-state index is 14.6. The van der Waals surface area contributed by atoms with Gasteiger partial charge in [-0.2, -0.15) is 18.3 Å². The van der Waals surface area contributed by atoms with Crippen molar-refractivity contribution in [1.82, 2.24) is 20.0 Å². The van der Waals surface area contributed by atoms with Crippen LogP contribution in [0.15, 0.2) is 60.7 Å². The molecule has 2 aromatic heterocycles. The van der Waals surface area contributed by atoms with Gasteiger partial charge >= 0.3 is 6.18 Å². The van der Waals surface area contributed by atoms with Crippen molar-refractivity contribution in [2.45, 2.75) is 56.3 Å². The standard InChI is InChI=1S/C29H28F3N5O2S/c1-17-33-34-28(40-17)36-14-12-18(13-15-36)25-23-21(16-22(38)27(39)24(23)29(30,31)32)37(35-25)26(19-8-4-2-5-9-19)20-10-6-3-7-11-20/h2-11,18,24,26-27,39H,12-16H2,1H3/t24-,27+/m1/s1. The van der Waals surface area contributed by atoms with Gasteiger partial charge in [-0.3, -0.25) is 9.48 Å². The fourth-order valence-corrected chi connectivity index (χ4v) is 6.73. The second-order valence-corrected chi connectivity index (χ2v) is 11.5. The van der Waals surface area contributed by atoms with Gasteiger partial charge in [0.05, 0.1) is 17.8 Å². The lowest BCUT2D eigenvalue weighted by Gasteiger charge is -2.34. The number of hydrogen-bond donors (Lipinski definition) is 1. The Kier molecular flexibility index (Phi) is 6.95. The third kappa shape index (κ3) is 4.81. The second kappa shape index (κ2) is 10.4. The van der Waals surface area contributed by atoms with Crippen LogP contribution < -0.4 is 4.90 Å². The topological polar surface area (TPSA) is 84.1 Å². The summed E-state index contributed by atoms with van der Waals surface area (Å²) in [6.07, 6.45) is -6.14. The monoisotopic (exact) mass is 567 g/mol. The number of Topliss-reactive ketones (excluding diaryl/α,β-unsaturated/α-hetero) is 1. The van der Waals surface area contributed by atoms with E-state index in [0.29, 0.717) is 31.6 Å². The predicted molar refractivity (Wildman–Crippen MR) is 145 cm³/mol. The van der Waals surface area contributed by atoms with Crippen molar-refractivity contribution in [3.8, 4) is 0 Å². The predicted octanol–water partition coefficient (Wildman–Crippen LogP) is 5.20. The van der Waals surface area contributed by atoms with Crippen molar-refractivity contribution in [3.05, 3.63) is 93.7 Å². The first-order valence-electron chi connectivity index (χ1n) is 13.3. The zero-order chi connectivity index (χ0) is 28.0. The van der Waals surface area contributed by atoms with Crippen LogP contribution in [0.4, 0.5) is 18.3 Å². The van der Waals surface area contributed by atoms with Crippen LogP contribution in [0.3, 0.4) is 0 Å². The average molecular weight is 568 g/mol. The number of halogens is 3. The molecule has 2 atom stereocenters. The number of hydrogen-bond acceptors (Lipinski definition) is 7. The first-order chi connectivity index (χ1) is 19.2. The Hall–Kier alpha value is -3.57. The molecule has 0 amide bonds. The third-order valence-electron chi connectivity index (χ3n) is 7.87. The SMILES string of the molecule is Cc1nnc(N2CCC(c3nn(C(c4ccccc4)c4ccccc4)c4c3[C@@H](C(F)(F)F)[C@@H](O)C(=O)C4)CC2)s1. The van der Waals surface area contributed by atoms with Gasteiger partial charge < -0.3 is 10.0 Å². The number of anilines is 1. The molecule has 6 rings (SSSR count). The number of fused-ring (bicyclic) bond motifs is 1. The number of ketones is 1. The maximum Gasteiger partial charge on any atom is 0.398 e. The van der Waals surface area contributed by atoms with Crippen molar-refractivity contribution < 1.29 is 23.1 Å². The van der Waals surface area contributed by atoms with E-state index in [1.807, 2.05) is 67.6 Å². The molecular weight excluding hydrogens is 539 g/mol. The number of rotatable bonds is 5. The summed E-state index contributed by atoms with van der Waals surface area (Å²) in [5.74, 6) is -3.43. The maximum absolute atomic E-state index is 14.6. The molecule has 208 valence electrons. The first-order valence-corrected chi connectivity index (χ1v) is 14.1. The van der Waals surface area contributed by atoms with E-state index in [-0.39, 0.29) is 23.6 Å². The summed E-state index contributed by atoms with van der Waals surface area (Å²) in [5, 5.41) is 25.5. The molecule has 1 aliphatic heterocycles. The molecule has 0 unspecified atom stereocenters. The summed E-state index contributed by atoms with van der Waals surface area (Å²) in [7, 11) is 0. The molecule has 11 heteroatoms. The van der Waals surface area contributed by atoms with Gasteiger partial charge in [0.2, 0.25) is 5.13 Å². The van der Waals surface area contributed by atoms with Gasteiger partial charge in [0.25, 0.3) is 0 Å². The highest BCUT2D eigenvalue weighted by Crippen LogP contribution is 2.48.